The van der Waals surface area contributed by atoms with Crippen LogP contribution < -0.4 is 10.7 Å². The Balaban J connectivity index is 1.24. The van der Waals surface area contributed by atoms with Gasteiger partial charge in [0.1, 0.15) is 5.75 Å². The number of nitrogens with one attached hydrogen (secondary N) is 2. The van der Waals surface area contributed by atoms with Crippen LogP contribution in [0.15, 0.2) is 95.0 Å². The van der Waals surface area contributed by atoms with Crippen molar-refractivity contribution in [3.63, 3.8) is 0 Å². The fourth-order valence-electron chi connectivity index (χ4n) is 3.94. The predicted molar refractivity (Wildman–Crippen MR) is 150 cm³/mol. The lowest BCUT2D eigenvalue weighted by Crippen LogP contribution is -2.24. The van der Waals surface area contributed by atoms with Gasteiger partial charge in [0.25, 0.3) is 17.8 Å². The molecule has 0 saturated carbocycles. The van der Waals surface area contributed by atoms with Crippen molar-refractivity contribution >= 4 is 46.4 Å². The number of hydrazone groups is 1. The summed E-state index contributed by atoms with van der Waals surface area (Å²) in [6.45, 7) is 0.235. The molecule has 0 saturated heterocycles. The number of hydrogen-bond acceptors (Lipinski definition) is 6. The van der Waals surface area contributed by atoms with Gasteiger partial charge in [-0.2, -0.15) is 10.1 Å². The van der Waals surface area contributed by atoms with Crippen LogP contribution in [-0.2, 0) is 9.53 Å². The van der Waals surface area contributed by atoms with E-state index in [-0.39, 0.29) is 34.8 Å². The third kappa shape index (κ3) is 5.90. The third-order valence-electron chi connectivity index (χ3n) is 5.86. The summed E-state index contributed by atoms with van der Waals surface area (Å²) in [6.07, 6.45) is 0.806. The second kappa shape index (κ2) is 11.5. The molecule has 4 aromatic rings. The minimum atomic E-state index is -0.747. The molecule has 0 bridgehead atoms. The first-order chi connectivity index (χ1) is 19.0. The van der Waals surface area contributed by atoms with Crippen molar-refractivity contribution in [2.45, 2.75) is 6.10 Å². The molecule has 4 aromatic carbocycles. The van der Waals surface area contributed by atoms with E-state index in [4.69, 9.17) is 16.3 Å². The molecular weight excluding hydrogens is 516 g/mol. The third-order valence-corrected chi connectivity index (χ3v) is 6.16. The van der Waals surface area contributed by atoms with Crippen LogP contribution >= 0.6 is 11.6 Å². The average molecular weight is 537 g/mol. The molecule has 0 aromatic heterocycles. The zero-order valence-corrected chi connectivity index (χ0v) is 21.1. The Bertz CT molecular complexity index is 1690. The van der Waals surface area contributed by atoms with E-state index in [2.05, 4.69) is 32.7 Å². The molecule has 1 unspecified atom stereocenters. The van der Waals surface area contributed by atoms with Gasteiger partial charge in [0, 0.05) is 22.3 Å². The summed E-state index contributed by atoms with van der Waals surface area (Å²) in [5, 5.41) is 18.4. The maximum absolute atomic E-state index is 12.3. The van der Waals surface area contributed by atoms with Gasteiger partial charge in [-0.25, -0.2) is 5.43 Å². The second-order valence-corrected chi connectivity index (χ2v) is 8.84. The predicted octanol–water partition coefficient (Wildman–Crippen LogP) is 4.56. The van der Waals surface area contributed by atoms with E-state index in [1.54, 1.807) is 6.21 Å². The van der Waals surface area contributed by atoms with Gasteiger partial charge in [0.05, 0.1) is 17.8 Å². The topological polar surface area (TPSA) is 112 Å². The number of hydrogen-bond donors (Lipinski definition) is 3. The molecule has 1 heterocycles. The van der Waals surface area contributed by atoms with E-state index in [9.17, 15) is 14.7 Å². The lowest BCUT2D eigenvalue weighted by molar-refractivity contribution is -0.122. The Labute approximate surface area is 229 Å². The number of carbonyl (C=O) groups excluding carboxylic acids is 2. The molecule has 8 nitrogen and oxygen atoms in total. The number of phenols is 1. The molecule has 0 radical (unpaired) electrons. The molecule has 5 rings (SSSR count). The van der Waals surface area contributed by atoms with Gasteiger partial charge in [0.2, 0.25) is 6.10 Å². The molecule has 0 fully saturated rings. The quantitative estimate of drug-likeness (QED) is 0.197. The Morgan fingerprint density at radius 1 is 1.05 bits per heavy atom. The highest BCUT2D eigenvalue weighted by molar-refractivity contribution is 6.32. The lowest BCUT2D eigenvalue weighted by Gasteiger charge is -2.09. The highest BCUT2D eigenvalue weighted by Gasteiger charge is 2.30. The highest BCUT2D eigenvalue weighted by atomic mass is 35.5. The summed E-state index contributed by atoms with van der Waals surface area (Å²) >= 11 is 5.87. The number of phenolic OH excluding ortho intramolecular Hbond substituents is 1. The van der Waals surface area contributed by atoms with Crippen LogP contribution in [0, 0.1) is 11.8 Å². The fourth-order valence-corrected chi connectivity index (χ4v) is 4.12. The van der Waals surface area contributed by atoms with Crippen molar-refractivity contribution in [3.8, 4) is 17.6 Å². The number of carbonyl (C=O) groups is 2. The Morgan fingerprint density at radius 3 is 2.62 bits per heavy atom. The van der Waals surface area contributed by atoms with Crippen molar-refractivity contribution in [3.05, 3.63) is 112 Å². The van der Waals surface area contributed by atoms with Crippen LogP contribution in [0.5, 0.6) is 5.75 Å². The van der Waals surface area contributed by atoms with Crippen molar-refractivity contribution in [2.24, 2.45) is 10.1 Å². The van der Waals surface area contributed by atoms with Crippen molar-refractivity contribution < 1.29 is 19.4 Å². The van der Waals surface area contributed by atoms with Crippen molar-refractivity contribution in [2.75, 3.05) is 6.54 Å². The van der Waals surface area contributed by atoms with E-state index in [0.717, 1.165) is 27.5 Å². The first kappa shape index (κ1) is 25.5. The molecule has 1 aliphatic rings. The monoisotopic (exact) mass is 536 g/mol. The summed E-state index contributed by atoms with van der Waals surface area (Å²) in [5.74, 6) is 5.27. The maximum atomic E-state index is 12.3. The number of halogens is 1. The molecule has 1 atom stereocenters. The Hall–Kier alpha value is -5.13. The van der Waals surface area contributed by atoms with E-state index >= 15 is 0 Å². The largest absolute Gasteiger partial charge is 0.506 e. The number of fused-ring (bicyclic) bond motifs is 1. The average Bonchev–Trinajstić information content (AvgIpc) is 3.33. The van der Waals surface area contributed by atoms with Crippen LogP contribution in [-0.4, -0.2) is 35.7 Å². The summed E-state index contributed by atoms with van der Waals surface area (Å²) in [7, 11) is 0. The SMILES string of the molecule is O=C(N/N=C/c1ccc(C#CCNC2=NC(=O)C(c3ccccc3)O2)c2ccccc12)c1ccc(O)c(Cl)c1. The van der Waals surface area contributed by atoms with Crippen molar-refractivity contribution in [1.29, 1.82) is 0 Å². The minimum absolute atomic E-state index is 0.0816. The first-order valence-corrected chi connectivity index (χ1v) is 12.3. The summed E-state index contributed by atoms with van der Waals surface area (Å²) in [4.78, 5) is 28.5. The van der Waals surface area contributed by atoms with Gasteiger partial charge < -0.3 is 15.2 Å². The first-order valence-electron chi connectivity index (χ1n) is 11.9. The van der Waals surface area contributed by atoms with Crippen molar-refractivity contribution in [1.82, 2.24) is 10.7 Å². The number of aromatic hydroxyl groups is 1. The number of amidine groups is 1. The van der Waals surface area contributed by atoms with Crippen LogP contribution in [0.1, 0.15) is 33.2 Å². The van der Waals surface area contributed by atoms with Gasteiger partial charge >= 0.3 is 0 Å². The number of benzene rings is 4. The number of amides is 2. The minimum Gasteiger partial charge on any atom is -0.506 e. The van der Waals surface area contributed by atoms with Crippen LogP contribution in [0.4, 0.5) is 0 Å². The molecule has 0 spiro atoms. The number of aliphatic imine (C=N–C) groups is 1. The molecule has 9 heteroatoms. The molecule has 192 valence electrons. The maximum Gasteiger partial charge on any atom is 0.296 e. The fraction of sp³-hybridized carbons (Fsp3) is 0.0667. The van der Waals surface area contributed by atoms with Gasteiger partial charge in [0.15, 0.2) is 0 Å². The van der Waals surface area contributed by atoms with Gasteiger partial charge in [-0.05, 0) is 35.0 Å². The zero-order chi connectivity index (χ0) is 27.2. The number of ether oxygens (including phenoxy) is 1. The highest BCUT2D eigenvalue weighted by Crippen LogP contribution is 2.25. The molecular formula is C30H21ClN4O4. The second-order valence-electron chi connectivity index (χ2n) is 8.43. The van der Waals surface area contributed by atoms with E-state index in [1.165, 1.54) is 18.2 Å². The lowest BCUT2D eigenvalue weighted by atomic mass is 10.0. The molecule has 0 aliphatic carbocycles. The van der Waals surface area contributed by atoms with E-state index in [1.807, 2.05) is 66.7 Å². The summed E-state index contributed by atoms with van der Waals surface area (Å²) in [6, 6.07) is 25.0. The number of rotatable bonds is 5. The Morgan fingerprint density at radius 2 is 1.82 bits per heavy atom. The van der Waals surface area contributed by atoms with Gasteiger partial charge in [-0.3, -0.25) is 9.59 Å². The molecule has 39 heavy (non-hydrogen) atoms. The van der Waals surface area contributed by atoms with Gasteiger partial charge in [-0.1, -0.05) is 84.1 Å². The molecule has 1 aliphatic heterocycles. The van der Waals surface area contributed by atoms with E-state index < -0.39 is 12.0 Å². The molecule has 2 amide bonds. The zero-order valence-electron chi connectivity index (χ0n) is 20.4. The van der Waals surface area contributed by atoms with Crippen LogP contribution in [0.25, 0.3) is 10.8 Å². The van der Waals surface area contributed by atoms with Crippen LogP contribution in [0.2, 0.25) is 5.02 Å². The standard InChI is InChI=1S/C30H21ClN4O4/c31-25-17-21(14-15-26(25)36)28(37)35-33-18-22-13-12-19(23-10-4-5-11-24(22)23)9-6-16-32-30-34-29(38)27(39-30)20-7-2-1-3-8-20/h1-5,7-8,10-15,17-18,27,36H,16H2,(H,35,37)(H,32,34,38)/b33-18+. The van der Waals surface area contributed by atoms with E-state index in [0.29, 0.717) is 0 Å². The summed E-state index contributed by atoms with van der Waals surface area (Å²) in [5.41, 5.74) is 5.08. The smallest absolute Gasteiger partial charge is 0.296 e. The van der Waals surface area contributed by atoms with Gasteiger partial charge in [-0.15, -0.1) is 0 Å². The van der Waals surface area contributed by atoms with Crippen LogP contribution in [0.3, 0.4) is 0 Å². The normalized spacial score (nSPS) is 14.4. The molecule has 3 N–H and O–H groups in total. The summed E-state index contributed by atoms with van der Waals surface area (Å²) < 4.78 is 5.65. The number of nitrogens with zero attached hydrogens (tertiary/aromatic N) is 2. The Kier molecular flexibility index (Phi) is 7.53.